The van der Waals surface area contributed by atoms with E-state index < -0.39 is 7.49 Å². The number of carbonyl (C=O) groups is 1. The van der Waals surface area contributed by atoms with Crippen LogP contribution in [0.1, 0.15) is 18.4 Å². The van der Waals surface area contributed by atoms with E-state index in [0.29, 0.717) is 6.42 Å². The summed E-state index contributed by atoms with van der Waals surface area (Å²) >= 11 is 0. The van der Waals surface area contributed by atoms with Crippen molar-refractivity contribution in [3.63, 3.8) is 0 Å². The van der Waals surface area contributed by atoms with Crippen molar-refractivity contribution in [2.24, 2.45) is 0 Å². The van der Waals surface area contributed by atoms with Gasteiger partial charge in [0.2, 0.25) is 0 Å². The molecule has 0 amide bonds. The van der Waals surface area contributed by atoms with Gasteiger partial charge in [0.25, 0.3) is 7.49 Å². The molecule has 4 aromatic carbocycles. The molecule has 3 heteroatoms. The van der Waals surface area contributed by atoms with Gasteiger partial charge < -0.3 is 0 Å². The number of rotatable bonds is 8. The highest BCUT2D eigenvalue weighted by Gasteiger charge is 2.50. The summed E-state index contributed by atoms with van der Waals surface area (Å²) in [5.41, 5.74) is 1.24. The largest absolute Gasteiger partial charge is 0.351 e. The van der Waals surface area contributed by atoms with Crippen molar-refractivity contribution in [2.75, 3.05) is 0 Å². The van der Waals surface area contributed by atoms with Gasteiger partial charge >= 0.3 is 5.97 Å². The molecule has 0 aliphatic rings. The van der Waals surface area contributed by atoms with Gasteiger partial charge in [-0.1, -0.05) is 84.9 Å². The molecular formula is C28H26O2P+. The maximum absolute atomic E-state index is 13.2. The summed E-state index contributed by atoms with van der Waals surface area (Å²) in [5.74, 6) is -0.152. The monoisotopic (exact) mass is 425 g/mol. The van der Waals surface area contributed by atoms with Crippen LogP contribution in [0.3, 0.4) is 0 Å². The van der Waals surface area contributed by atoms with Gasteiger partial charge in [-0.2, -0.15) is 0 Å². The predicted octanol–water partition coefficient (Wildman–Crippen LogP) is 5.46. The highest BCUT2D eigenvalue weighted by Crippen LogP contribution is 2.56. The highest BCUT2D eigenvalue weighted by atomic mass is 31.2. The molecule has 4 rings (SSSR count). The fourth-order valence-corrected chi connectivity index (χ4v) is 7.18. The topological polar surface area (TPSA) is 26.3 Å². The summed E-state index contributed by atoms with van der Waals surface area (Å²) in [6.07, 6.45) is 2.02. The number of benzene rings is 4. The molecule has 0 aliphatic heterocycles. The minimum absolute atomic E-state index is 0.152. The van der Waals surface area contributed by atoms with E-state index in [0.717, 1.165) is 28.8 Å². The average Bonchev–Trinajstić information content (AvgIpc) is 2.85. The number of hydrogen-bond donors (Lipinski definition) is 0. The summed E-state index contributed by atoms with van der Waals surface area (Å²) in [4.78, 5) is 13.2. The van der Waals surface area contributed by atoms with E-state index in [1.54, 1.807) is 0 Å². The van der Waals surface area contributed by atoms with Crippen LogP contribution in [0.4, 0.5) is 0 Å². The minimum Gasteiger partial charge on any atom is -0.297 e. The van der Waals surface area contributed by atoms with Gasteiger partial charge in [0.1, 0.15) is 15.9 Å². The summed E-state index contributed by atoms with van der Waals surface area (Å²) in [7, 11) is -2.57. The van der Waals surface area contributed by atoms with Crippen molar-refractivity contribution in [1.29, 1.82) is 0 Å². The second kappa shape index (κ2) is 10.2. The van der Waals surface area contributed by atoms with Crippen molar-refractivity contribution in [1.82, 2.24) is 0 Å². The van der Waals surface area contributed by atoms with Gasteiger partial charge in [-0.05, 0) is 54.8 Å². The zero-order valence-electron chi connectivity index (χ0n) is 17.4. The van der Waals surface area contributed by atoms with E-state index in [1.807, 2.05) is 72.8 Å². The van der Waals surface area contributed by atoms with Crippen molar-refractivity contribution in [3.8, 4) is 0 Å². The Morgan fingerprint density at radius 2 is 0.968 bits per heavy atom. The zero-order valence-corrected chi connectivity index (χ0v) is 18.3. The Kier molecular flexibility index (Phi) is 6.92. The molecule has 0 fully saturated rings. The summed E-state index contributed by atoms with van der Waals surface area (Å²) < 4.78 is 6.51. The lowest BCUT2D eigenvalue weighted by Gasteiger charge is -2.25. The zero-order chi connectivity index (χ0) is 21.4. The first kappa shape index (κ1) is 21.0. The van der Waals surface area contributed by atoms with Crippen molar-refractivity contribution >= 4 is 29.4 Å². The van der Waals surface area contributed by atoms with E-state index in [9.17, 15) is 4.79 Å². The second-order valence-corrected chi connectivity index (χ2v) is 10.4. The normalized spacial score (nSPS) is 11.1. The molecule has 154 valence electrons. The third kappa shape index (κ3) is 4.93. The third-order valence-electron chi connectivity index (χ3n) is 5.29. The molecule has 0 saturated carbocycles. The van der Waals surface area contributed by atoms with Crippen molar-refractivity contribution < 1.29 is 9.32 Å². The summed E-state index contributed by atoms with van der Waals surface area (Å²) in [6, 6.07) is 40.8. The van der Waals surface area contributed by atoms with Crippen LogP contribution in [-0.4, -0.2) is 5.97 Å². The molecule has 0 aliphatic carbocycles. The van der Waals surface area contributed by atoms with Crippen LogP contribution in [0, 0.1) is 0 Å². The molecular weight excluding hydrogens is 399 g/mol. The maximum Gasteiger partial charge on any atom is 0.351 e. The van der Waals surface area contributed by atoms with E-state index in [4.69, 9.17) is 4.52 Å². The Morgan fingerprint density at radius 1 is 0.581 bits per heavy atom. The Bertz CT molecular complexity index is 984. The van der Waals surface area contributed by atoms with Crippen LogP contribution in [0.2, 0.25) is 0 Å². The molecule has 31 heavy (non-hydrogen) atoms. The molecule has 0 aromatic heterocycles. The Hall–Kier alpha value is -3.22. The van der Waals surface area contributed by atoms with E-state index in [-0.39, 0.29) is 5.97 Å². The van der Waals surface area contributed by atoms with Gasteiger partial charge in [-0.25, -0.2) is 4.79 Å². The van der Waals surface area contributed by atoms with E-state index >= 15 is 0 Å². The first-order valence-electron chi connectivity index (χ1n) is 10.6. The number of aryl methyl sites for hydroxylation is 1. The highest BCUT2D eigenvalue weighted by molar-refractivity contribution is 7.92. The maximum atomic E-state index is 13.2. The SMILES string of the molecule is O=C(CCCc1ccccc1)O[P+](c1ccccc1)(c1ccccc1)c1ccccc1. The number of hydrogen-bond acceptors (Lipinski definition) is 2. The van der Waals surface area contributed by atoms with E-state index in [2.05, 4.69) is 48.5 Å². The second-order valence-electron chi connectivity index (χ2n) is 7.42. The van der Waals surface area contributed by atoms with Gasteiger partial charge in [-0.15, -0.1) is 0 Å². The molecule has 0 bridgehead atoms. The Labute approximate surface area is 185 Å². The first-order chi connectivity index (χ1) is 15.3. The van der Waals surface area contributed by atoms with Gasteiger partial charge in [0, 0.05) is 0 Å². The molecule has 4 aromatic rings. The fraction of sp³-hybridized carbons (Fsp3) is 0.107. The fourth-order valence-electron chi connectivity index (χ4n) is 3.80. The van der Waals surface area contributed by atoms with Crippen LogP contribution in [0.15, 0.2) is 121 Å². The van der Waals surface area contributed by atoms with Crippen LogP contribution < -0.4 is 15.9 Å². The van der Waals surface area contributed by atoms with Gasteiger partial charge in [0.05, 0.1) is 6.42 Å². The Balaban J connectivity index is 1.67. The van der Waals surface area contributed by atoms with Gasteiger partial charge in [-0.3, -0.25) is 4.52 Å². The first-order valence-corrected chi connectivity index (χ1v) is 12.3. The number of carbonyl (C=O) groups excluding carboxylic acids is 1. The quantitative estimate of drug-likeness (QED) is 0.350. The molecule has 2 nitrogen and oxygen atoms in total. The molecule has 0 spiro atoms. The molecule has 0 radical (unpaired) electrons. The standard InChI is InChI=1S/C28H26O2P/c29-28(23-13-16-24-14-5-1-6-15-24)30-31(25-17-7-2-8-18-25,26-19-9-3-10-20-26)27-21-11-4-12-22-27/h1-12,14-15,17-22H,13,16,23H2/q+1. The predicted molar refractivity (Wildman–Crippen MR) is 131 cm³/mol. The van der Waals surface area contributed by atoms with Crippen LogP contribution >= 0.6 is 7.49 Å². The molecule has 0 saturated heterocycles. The van der Waals surface area contributed by atoms with E-state index in [1.165, 1.54) is 5.56 Å². The molecule has 0 atom stereocenters. The summed E-state index contributed by atoms with van der Waals surface area (Å²) in [5, 5.41) is 3.14. The van der Waals surface area contributed by atoms with Crippen LogP contribution in [-0.2, 0) is 15.7 Å². The van der Waals surface area contributed by atoms with Gasteiger partial charge in [0.15, 0.2) is 0 Å². The lowest BCUT2D eigenvalue weighted by Crippen LogP contribution is -2.34. The smallest absolute Gasteiger partial charge is 0.297 e. The lowest BCUT2D eigenvalue weighted by atomic mass is 10.1. The molecule has 0 unspecified atom stereocenters. The van der Waals surface area contributed by atoms with Crippen molar-refractivity contribution in [3.05, 3.63) is 127 Å². The van der Waals surface area contributed by atoms with Crippen LogP contribution in [0.5, 0.6) is 0 Å². The Morgan fingerprint density at radius 3 is 1.39 bits per heavy atom. The lowest BCUT2D eigenvalue weighted by molar-refractivity contribution is -0.133. The van der Waals surface area contributed by atoms with Crippen LogP contribution in [0.25, 0.3) is 0 Å². The third-order valence-corrected chi connectivity index (χ3v) is 8.84. The summed E-state index contributed by atoms with van der Waals surface area (Å²) in [6.45, 7) is 0. The van der Waals surface area contributed by atoms with Crippen molar-refractivity contribution in [2.45, 2.75) is 19.3 Å². The minimum atomic E-state index is -2.57. The molecule has 0 N–H and O–H groups in total. The average molecular weight is 425 g/mol. The molecule has 0 heterocycles.